The van der Waals surface area contributed by atoms with Crippen LogP contribution in [0.15, 0.2) is 72.5 Å². The number of benzene rings is 2. The Morgan fingerprint density at radius 3 is 1.80 bits per heavy atom. The first kappa shape index (κ1) is 60.5. The molecule has 2 aliphatic heterocycles. The molecule has 0 spiro atoms. The fourth-order valence-electron chi connectivity index (χ4n) is 5.67. The van der Waals surface area contributed by atoms with Gasteiger partial charge in [-0.25, -0.2) is 9.59 Å². The van der Waals surface area contributed by atoms with E-state index in [0.29, 0.717) is 35.4 Å². The summed E-state index contributed by atoms with van der Waals surface area (Å²) in [4.78, 5) is 93.3. The van der Waals surface area contributed by atoms with Crippen molar-refractivity contribution in [2.75, 3.05) is 10.6 Å². The van der Waals surface area contributed by atoms with E-state index in [9.17, 15) is 54.0 Å². The highest BCUT2D eigenvalue weighted by Crippen LogP contribution is 2.31. The van der Waals surface area contributed by atoms with E-state index in [0.717, 1.165) is 5.57 Å². The number of aliphatic carboxylic acids is 2. The molecule has 0 radical (unpaired) electrons. The number of allylic oxidation sites excluding steroid dienone is 4. The second-order valence-electron chi connectivity index (χ2n) is 15.0. The quantitative estimate of drug-likeness (QED) is 0.0604. The van der Waals surface area contributed by atoms with Gasteiger partial charge in [0.2, 0.25) is 24.0 Å². The average molecular weight is 1060 g/mol. The predicted molar refractivity (Wildman–Crippen MR) is 250 cm³/mol. The Balaban J connectivity index is 0.00000104. The summed E-state index contributed by atoms with van der Waals surface area (Å²) in [6, 6.07) is 8.68. The molecule has 4 unspecified atom stereocenters. The van der Waals surface area contributed by atoms with Crippen LogP contribution in [0.25, 0.3) is 0 Å². The van der Waals surface area contributed by atoms with Gasteiger partial charge in [0, 0.05) is 29.0 Å². The molecule has 5 rings (SSSR count). The van der Waals surface area contributed by atoms with Crippen LogP contribution in [0.1, 0.15) is 62.2 Å². The average Bonchev–Trinajstić information content (AvgIpc) is 3.38. The van der Waals surface area contributed by atoms with E-state index in [2.05, 4.69) is 32.0 Å². The van der Waals surface area contributed by atoms with E-state index < -0.39 is 98.6 Å². The Hall–Kier alpha value is -7.76. The van der Waals surface area contributed by atoms with Crippen molar-refractivity contribution in [1.29, 1.82) is 5.41 Å². The number of carbonyl (C=O) groups is 7. The summed E-state index contributed by atoms with van der Waals surface area (Å²) in [5.41, 5.74) is 3.05. The number of aliphatic hydroxyl groups excluding tert-OH is 7. The molecular weight excluding hydrogens is 993 g/mol. The maximum Gasteiger partial charge on any atom is 0.373 e. The van der Waals surface area contributed by atoms with E-state index in [4.69, 9.17) is 62.6 Å². The van der Waals surface area contributed by atoms with Gasteiger partial charge in [-0.15, -0.1) is 0 Å². The van der Waals surface area contributed by atoms with Gasteiger partial charge >= 0.3 is 24.1 Å². The van der Waals surface area contributed by atoms with Crippen LogP contribution >= 0.6 is 0 Å². The monoisotopic (exact) mass is 1060 g/mol. The van der Waals surface area contributed by atoms with Gasteiger partial charge < -0.3 is 90.7 Å². The molecule has 14 N–H and O–H groups in total. The SMILES string of the molecule is C=C1C=CC(=N)C(NC(=O)CC)=C1.O=C(O)C1O[C@@H](O)C(O)[C@@H](O)[C@@H]1O.O=C=O.[2HH].[2H]C(=O)OCc1ccc(O[C@@H]2OC(C(=O)O)[C@@H](O)[C@H](O)C2O)c(NC(=O)CC)c1.[2H]CC(=O)OCc1ccc(O)c(NC(=O)CC)c1. The van der Waals surface area contributed by atoms with Crippen LogP contribution in [0, 0.1) is 5.41 Å². The minimum absolute atomic E-state index is 0. The molecule has 1 aliphatic carbocycles. The highest BCUT2D eigenvalue weighted by molar-refractivity contribution is 6.09. The number of phenolic OH excluding ortho intramolecular Hbond substituents is 1. The largest absolute Gasteiger partial charge is 0.506 e. The van der Waals surface area contributed by atoms with Gasteiger partial charge in [-0.3, -0.25) is 29.4 Å². The zero-order valence-corrected chi connectivity index (χ0v) is 39.6. The number of rotatable bonds is 14. The smallest absolute Gasteiger partial charge is 0.373 e. The lowest BCUT2D eigenvalue weighted by Gasteiger charge is -2.38. The van der Waals surface area contributed by atoms with Crippen LogP contribution in [0.5, 0.6) is 11.5 Å². The van der Waals surface area contributed by atoms with Crippen LogP contribution < -0.4 is 20.7 Å². The lowest BCUT2D eigenvalue weighted by molar-refractivity contribution is -0.279. The van der Waals surface area contributed by atoms with Gasteiger partial charge in [-0.05, 0) is 53.1 Å². The van der Waals surface area contributed by atoms with Crippen molar-refractivity contribution in [2.45, 2.75) is 122 Å². The highest BCUT2D eigenvalue weighted by Gasteiger charge is 2.48. The molecule has 3 aliphatic rings. The number of hydrogen-bond donors (Lipinski definition) is 14. The molecule has 2 fully saturated rings. The summed E-state index contributed by atoms with van der Waals surface area (Å²) in [7, 11) is 0. The lowest BCUT2D eigenvalue weighted by Crippen LogP contribution is -2.61. The van der Waals surface area contributed by atoms with Gasteiger partial charge in [0.25, 0.3) is 6.45 Å². The number of ether oxygens (including phenoxy) is 5. The second-order valence-corrected chi connectivity index (χ2v) is 15.0. The number of carboxylic acid groups (broad SMARTS) is 2. The molecule has 28 nitrogen and oxygen atoms in total. The molecule has 0 saturated carbocycles. The Morgan fingerprint density at radius 1 is 0.757 bits per heavy atom. The van der Waals surface area contributed by atoms with Gasteiger partial charge in [0.05, 0.1) is 22.8 Å². The summed E-state index contributed by atoms with van der Waals surface area (Å²) in [6.45, 7) is 8.12. The Kier molecular flexibility index (Phi) is 26.5. The number of aliphatic hydroxyl groups is 7. The maximum atomic E-state index is 11.8. The zero-order valence-electron chi connectivity index (χ0n) is 41.6. The third-order valence-electron chi connectivity index (χ3n) is 9.56. The normalized spacial score (nSPS) is 23.7. The van der Waals surface area contributed by atoms with Crippen molar-refractivity contribution in [3.63, 3.8) is 0 Å². The number of carbonyl (C=O) groups excluding carboxylic acids is 7. The highest BCUT2D eigenvalue weighted by atomic mass is 16.7. The van der Waals surface area contributed by atoms with E-state index in [1.807, 2.05) is 0 Å². The van der Waals surface area contributed by atoms with Crippen molar-refractivity contribution in [3.05, 3.63) is 83.6 Å². The molecule has 3 amide bonds. The summed E-state index contributed by atoms with van der Waals surface area (Å²) in [5.74, 6) is -4.49. The molecule has 2 heterocycles. The molecule has 74 heavy (non-hydrogen) atoms. The first-order valence-corrected chi connectivity index (χ1v) is 21.5. The number of amides is 3. The molecule has 0 aromatic heterocycles. The fourth-order valence-corrected chi connectivity index (χ4v) is 5.67. The number of nitrogens with one attached hydrogen (secondary N) is 4. The molecule has 408 valence electrons. The summed E-state index contributed by atoms with van der Waals surface area (Å²) >= 11 is 0. The molecule has 2 aromatic rings. The summed E-state index contributed by atoms with van der Waals surface area (Å²) in [5, 5.41) is 108. The van der Waals surface area contributed by atoms with Gasteiger partial charge in [-0.1, -0.05) is 45.6 Å². The Morgan fingerprint density at radius 2 is 1.26 bits per heavy atom. The summed E-state index contributed by atoms with van der Waals surface area (Å²) in [6.07, 6.45) is -12.8. The lowest BCUT2D eigenvalue weighted by atomic mass is 9.99. The van der Waals surface area contributed by atoms with Gasteiger partial charge in [-0.2, -0.15) is 9.59 Å². The number of esters is 1. The third-order valence-corrected chi connectivity index (χ3v) is 9.56. The van der Waals surface area contributed by atoms with Crippen LogP contribution in [0.3, 0.4) is 0 Å². The van der Waals surface area contributed by atoms with Crippen molar-refractivity contribution in [2.24, 2.45) is 0 Å². The standard InChI is InChI=1S/C17H21NO10.C12H15NO4.C10H12N2O.C6H10O7.CO2.H2/c1-2-11(20)18-9-5-8(6-26-7-19)3-4-10(9)27-17-14(23)12(21)13(22)15(28-17)16(24)25;1-3-12(16)13-10-6-9(4-5-11(10)15)7-17-8(2)14;1-3-10(13)12-9-6-7(2)4-5-8(9)11;7-1-2(8)4(5(10)11)13-6(12)3(1)9;2-1-3;/h3-5,7,12-15,17,21-23H,2,6H2,1H3,(H,18,20)(H,24,25);4-6,15H,3,7H2,1-2H3,(H,13,16);4-6,11H,2-3H2,1H3,(H,12,13);1-4,6-9,12H,(H,10,11);;1H/t12-,13-,14?,15?,17+;;;1-,2-,3?,4?,6+;;/m0..0../s1/i7D;2D;;;;1+1. The molecule has 2 saturated heterocycles. The second kappa shape index (κ2) is 32.3. The van der Waals surface area contributed by atoms with Crippen LogP contribution in [0.4, 0.5) is 11.4 Å². The number of phenols is 1. The maximum absolute atomic E-state index is 11.8. The van der Waals surface area contributed by atoms with Crippen LogP contribution in [-0.4, -0.2) is 166 Å². The van der Waals surface area contributed by atoms with Crippen molar-refractivity contribution in [3.8, 4) is 11.5 Å². The van der Waals surface area contributed by atoms with Gasteiger partial charge in [0.1, 0.15) is 61.3 Å². The van der Waals surface area contributed by atoms with E-state index >= 15 is 0 Å². The Labute approximate surface area is 424 Å². The summed E-state index contributed by atoms with van der Waals surface area (Å²) < 4.78 is 37.8. The van der Waals surface area contributed by atoms with Crippen molar-refractivity contribution >= 4 is 65.3 Å². The first-order valence-electron chi connectivity index (χ1n) is 22.7. The number of aromatic hydroxyl groups is 1. The third kappa shape index (κ3) is 21.1. The minimum atomic E-state index is -1.87. The molecular formula is C46H60N4O24. The van der Waals surface area contributed by atoms with E-state index in [1.165, 1.54) is 30.3 Å². The molecule has 2 aromatic carbocycles. The molecule has 10 atom stereocenters. The van der Waals surface area contributed by atoms with Crippen LogP contribution in [0.2, 0.25) is 0 Å². The number of anilines is 2. The molecule has 28 heteroatoms. The fraction of sp³-hybridized carbons (Fsp3) is 0.413. The van der Waals surface area contributed by atoms with Gasteiger partial charge in [0.15, 0.2) is 19.9 Å². The number of hydrogen-bond acceptors (Lipinski definition) is 23. The topological polar surface area (TPSA) is 462 Å². The van der Waals surface area contributed by atoms with Crippen molar-refractivity contribution in [1.82, 2.24) is 5.32 Å². The zero-order chi connectivity index (χ0) is 58.0. The molecule has 0 bridgehead atoms. The first-order chi connectivity index (χ1) is 35.7. The van der Waals surface area contributed by atoms with Crippen molar-refractivity contribution < 1.29 is 122 Å². The minimum Gasteiger partial charge on any atom is -0.506 e. The van der Waals surface area contributed by atoms with E-state index in [-0.39, 0.29) is 61.9 Å². The number of carboxylic acids is 2. The van der Waals surface area contributed by atoms with E-state index in [1.54, 1.807) is 45.1 Å². The van der Waals surface area contributed by atoms with Crippen LogP contribution in [-0.2, 0) is 75.3 Å². The predicted octanol–water partition coefficient (Wildman–Crippen LogP) is -1.14. The Bertz CT molecular complexity index is 2470.